The molecule has 1 aliphatic heterocycles. The monoisotopic (exact) mass is 326 g/mol. The van der Waals surface area contributed by atoms with Crippen molar-refractivity contribution in [3.8, 4) is 5.75 Å². The molecule has 0 aliphatic carbocycles. The lowest BCUT2D eigenvalue weighted by Gasteiger charge is -2.40. The Labute approximate surface area is 139 Å². The number of para-hydroxylation sites is 1. The van der Waals surface area contributed by atoms with Gasteiger partial charge in [0.1, 0.15) is 11.9 Å². The van der Waals surface area contributed by atoms with Crippen molar-refractivity contribution in [3.63, 3.8) is 0 Å². The van der Waals surface area contributed by atoms with E-state index >= 15 is 0 Å². The van der Waals surface area contributed by atoms with Crippen LogP contribution >= 0.6 is 0 Å². The van der Waals surface area contributed by atoms with Crippen molar-refractivity contribution < 1.29 is 9.13 Å². The van der Waals surface area contributed by atoms with Gasteiger partial charge >= 0.3 is 0 Å². The Morgan fingerprint density at radius 3 is 2.67 bits per heavy atom. The molecule has 0 amide bonds. The second-order valence-electron chi connectivity index (χ2n) is 6.28. The number of nitrogens with zero attached hydrogens (tertiary/aromatic N) is 4. The van der Waals surface area contributed by atoms with Crippen LogP contribution in [0.4, 0.5) is 10.2 Å². The molecule has 0 bridgehead atoms. The predicted octanol–water partition coefficient (Wildman–Crippen LogP) is 3.06. The highest BCUT2D eigenvalue weighted by atomic mass is 19.1. The maximum Gasteiger partial charge on any atom is 0.165 e. The van der Waals surface area contributed by atoms with E-state index in [-0.39, 0.29) is 11.9 Å². The molecular weight excluding hydrogens is 307 g/mol. The van der Waals surface area contributed by atoms with Gasteiger partial charge in [0, 0.05) is 17.3 Å². The standard InChI is InChI=1S/C18H19FN4O/c1-11-8-17(23-18(20-11)12(2)13(3)21-23)22-9-14(10-22)24-16-7-5-4-6-15(16)19/h4-8,14H,9-10H2,1-3H3. The molecule has 1 fully saturated rings. The van der Waals surface area contributed by atoms with Gasteiger partial charge in [0.05, 0.1) is 18.8 Å². The number of anilines is 1. The van der Waals surface area contributed by atoms with Crippen molar-refractivity contribution in [2.45, 2.75) is 26.9 Å². The van der Waals surface area contributed by atoms with Gasteiger partial charge in [0.15, 0.2) is 17.2 Å². The van der Waals surface area contributed by atoms with Gasteiger partial charge in [-0.15, -0.1) is 0 Å². The molecule has 1 aromatic carbocycles. The first-order valence-corrected chi connectivity index (χ1v) is 8.02. The number of aromatic nitrogens is 3. The molecule has 0 spiro atoms. The van der Waals surface area contributed by atoms with Gasteiger partial charge in [0.2, 0.25) is 0 Å². The van der Waals surface area contributed by atoms with Crippen LogP contribution in [-0.4, -0.2) is 33.8 Å². The summed E-state index contributed by atoms with van der Waals surface area (Å²) in [5, 5.41) is 4.59. The van der Waals surface area contributed by atoms with E-state index in [2.05, 4.69) is 15.0 Å². The molecule has 124 valence electrons. The summed E-state index contributed by atoms with van der Waals surface area (Å²) in [6, 6.07) is 8.54. The normalized spacial score (nSPS) is 14.9. The van der Waals surface area contributed by atoms with Crippen LogP contribution in [0.5, 0.6) is 5.75 Å². The van der Waals surface area contributed by atoms with Gasteiger partial charge in [-0.3, -0.25) is 0 Å². The van der Waals surface area contributed by atoms with Crippen LogP contribution < -0.4 is 9.64 Å². The van der Waals surface area contributed by atoms with Crippen LogP contribution in [0.2, 0.25) is 0 Å². The van der Waals surface area contributed by atoms with Crippen LogP contribution in [0, 0.1) is 26.6 Å². The number of hydrogen-bond donors (Lipinski definition) is 0. The maximum absolute atomic E-state index is 13.7. The molecule has 0 radical (unpaired) electrons. The zero-order valence-electron chi connectivity index (χ0n) is 14.0. The summed E-state index contributed by atoms with van der Waals surface area (Å²) >= 11 is 0. The highest BCUT2D eigenvalue weighted by Crippen LogP contribution is 2.27. The Bertz CT molecular complexity index is 915. The number of fused-ring (bicyclic) bond motifs is 1. The molecule has 5 nitrogen and oxygen atoms in total. The van der Waals surface area contributed by atoms with Crippen molar-refractivity contribution in [2.75, 3.05) is 18.0 Å². The Hall–Kier alpha value is -2.63. The van der Waals surface area contributed by atoms with Crippen molar-refractivity contribution in [1.29, 1.82) is 0 Å². The van der Waals surface area contributed by atoms with E-state index in [0.29, 0.717) is 18.8 Å². The van der Waals surface area contributed by atoms with Crippen molar-refractivity contribution >= 4 is 11.5 Å². The average Bonchev–Trinajstić information content (AvgIpc) is 2.79. The van der Waals surface area contributed by atoms with Crippen LogP contribution in [0.3, 0.4) is 0 Å². The minimum absolute atomic E-state index is 0.0248. The molecule has 24 heavy (non-hydrogen) atoms. The summed E-state index contributed by atoms with van der Waals surface area (Å²) in [6.45, 7) is 7.41. The third-order valence-electron chi connectivity index (χ3n) is 4.47. The Morgan fingerprint density at radius 1 is 1.17 bits per heavy atom. The fraction of sp³-hybridized carbons (Fsp3) is 0.333. The van der Waals surface area contributed by atoms with Gasteiger partial charge in [-0.25, -0.2) is 9.37 Å². The number of benzene rings is 1. The second kappa shape index (κ2) is 5.47. The van der Waals surface area contributed by atoms with Crippen molar-refractivity contribution in [3.05, 3.63) is 53.1 Å². The second-order valence-corrected chi connectivity index (χ2v) is 6.28. The molecule has 6 heteroatoms. The molecule has 0 unspecified atom stereocenters. The molecule has 2 aromatic heterocycles. The Kier molecular flexibility index (Phi) is 3.40. The molecule has 4 rings (SSSR count). The van der Waals surface area contributed by atoms with Crippen LogP contribution in [0.15, 0.2) is 30.3 Å². The smallest absolute Gasteiger partial charge is 0.165 e. The lowest BCUT2D eigenvalue weighted by Crippen LogP contribution is -2.54. The predicted molar refractivity (Wildman–Crippen MR) is 90.2 cm³/mol. The van der Waals surface area contributed by atoms with Crippen LogP contribution in [-0.2, 0) is 0 Å². The minimum Gasteiger partial charge on any atom is -0.484 e. The van der Waals surface area contributed by atoms with Gasteiger partial charge in [-0.2, -0.15) is 9.61 Å². The van der Waals surface area contributed by atoms with E-state index in [4.69, 9.17) is 4.74 Å². The van der Waals surface area contributed by atoms with E-state index in [1.165, 1.54) is 6.07 Å². The van der Waals surface area contributed by atoms with Crippen LogP contribution in [0.1, 0.15) is 17.0 Å². The number of aryl methyl sites for hydroxylation is 3. The molecule has 1 saturated heterocycles. The summed E-state index contributed by atoms with van der Waals surface area (Å²) < 4.78 is 21.3. The quantitative estimate of drug-likeness (QED) is 0.742. The van der Waals surface area contributed by atoms with Gasteiger partial charge < -0.3 is 9.64 Å². The highest BCUT2D eigenvalue weighted by molar-refractivity contribution is 5.57. The highest BCUT2D eigenvalue weighted by Gasteiger charge is 2.31. The van der Waals surface area contributed by atoms with E-state index in [9.17, 15) is 4.39 Å². The number of ether oxygens (including phenoxy) is 1. The molecule has 3 heterocycles. The number of rotatable bonds is 3. The lowest BCUT2D eigenvalue weighted by atomic mass is 10.1. The van der Waals surface area contributed by atoms with E-state index in [1.54, 1.807) is 18.2 Å². The summed E-state index contributed by atoms with van der Waals surface area (Å²) in [6.07, 6.45) is -0.0248. The van der Waals surface area contributed by atoms with Gasteiger partial charge in [0.25, 0.3) is 0 Å². The summed E-state index contributed by atoms with van der Waals surface area (Å²) in [5.41, 5.74) is 3.92. The minimum atomic E-state index is -0.323. The average molecular weight is 326 g/mol. The zero-order chi connectivity index (χ0) is 16.8. The Morgan fingerprint density at radius 2 is 1.92 bits per heavy atom. The molecule has 0 atom stereocenters. The summed E-state index contributed by atoms with van der Waals surface area (Å²) in [7, 11) is 0. The molecule has 0 saturated carbocycles. The third kappa shape index (κ3) is 2.38. The molecule has 3 aromatic rings. The third-order valence-corrected chi connectivity index (χ3v) is 4.47. The largest absolute Gasteiger partial charge is 0.484 e. The van der Waals surface area contributed by atoms with E-state index in [0.717, 1.165) is 28.4 Å². The van der Waals surface area contributed by atoms with Crippen molar-refractivity contribution in [2.24, 2.45) is 0 Å². The number of hydrogen-bond acceptors (Lipinski definition) is 4. The Balaban J connectivity index is 1.56. The SMILES string of the molecule is Cc1cc(N2CC(Oc3ccccc3F)C2)n2nc(C)c(C)c2n1. The van der Waals surface area contributed by atoms with Gasteiger partial charge in [-0.05, 0) is 32.9 Å². The first-order chi connectivity index (χ1) is 11.5. The number of halogens is 1. The maximum atomic E-state index is 13.7. The summed E-state index contributed by atoms with van der Waals surface area (Å²) in [4.78, 5) is 6.77. The fourth-order valence-electron chi connectivity index (χ4n) is 2.98. The van der Waals surface area contributed by atoms with E-state index in [1.807, 2.05) is 31.4 Å². The molecule has 0 N–H and O–H groups in total. The topological polar surface area (TPSA) is 42.7 Å². The fourth-order valence-corrected chi connectivity index (χ4v) is 2.98. The van der Waals surface area contributed by atoms with E-state index < -0.39 is 0 Å². The van der Waals surface area contributed by atoms with Crippen LogP contribution in [0.25, 0.3) is 5.65 Å². The first-order valence-electron chi connectivity index (χ1n) is 8.02. The van der Waals surface area contributed by atoms with Gasteiger partial charge in [-0.1, -0.05) is 12.1 Å². The molecule has 1 aliphatic rings. The van der Waals surface area contributed by atoms with Crippen molar-refractivity contribution in [1.82, 2.24) is 14.6 Å². The first kappa shape index (κ1) is 14.9. The summed E-state index contributed by atoms with van der Waals surface area (Å²) in [5.74, 6) is 0.988. The zero-order valence-corrected chi connectivity index (χ0v) is 14.0. The molecular formula is C18H19FN4O. The lowest BCUT2D eigenvalue weighted by molar-refractivity contribution is 0.159.